The summed E-state index contributed by atoms with van der Waals surface area (Å²) in [5.41, 5.74) is 7.11. The monoisotopic (exact) mass is 271 g/mol. The number of nitrogen functional groups attached to an aromatic ring is 1. The number of nitrogens with zero attached hydrogens (tertiary/aromatic N) is 2. The number of nitrogens with two attached hydrogens (primary N) is 1. The number of hydrogen-bond acceptors (Lipinski definition) is 4. The van der Waals surface area contributed by atoms with E-state index in [4.69, 9.17) is 10.5 Å². The molecule has 0 atom stereocenters. The smallest absolute Gasteiger partial charge is 0.230 e. The fraction of sp³-hybridized carbons (Fsp3) is 0.200. The van der Waals surface area contributed by atoms with Crippen LogP contribution in [0.25, 0.3) is 0 Å². The van der Waals surface area contributed by atoms with Crippen molar-refractivity contribution in [3.63, 3.8) is 0 Å². The Kier molecular flexibility index (Phi) is 4.55. The minimum Gasteiger partial charge on any atom is -0.493 e. The summed E-state index contributed by atoms with van der Waals surface area (Å²) in [6, 6.07) is 10.7. The highest BCUT2D eigenvalue weighted by molar-refractivity contribution is 5.92. The Hall–Kier alpha value is -2.56. The van der Waals surface area contributed by atoms with E-state index in [2.05, 4.69) is 4.98 Å². The second kappa shape index (κ2) is 6.56. The van der Waals surface area contributed by atoms with Gasteiger partial charge in [-0.15, -0.1) is 0 Å². The molecule has 0 bridgehead atoms. The molecule has 5 nitrogen and oxygen atoms in total. The van der Waals surface area contributed by atoms with Crippen LogP contribution in [0.5, 0.6) is 5.75 Å². The van der Waals surface area contributed by atoms with E-state index in [-0.39, 0.29) is 5.91 Å². The molecule has 0 radical (unpaired) electrons. The maximum Gasteiger partial charge on any atom is 0.230 e. The average molecular weight is 271 g/mol. The molecule has 104 valence electrons. The molecule has 2 aromatic rings. The van der Waals surface area contributed by atoms with Crippen molar-refractivity contribution >= 4 is 17.3 Å². The number of carbonyl (C=O) groups excluding carboxylic acids is 1. The molecule has 0 fully saturated rings. The Balaban J connectivity index is 1.83. The first kappa shape index (κ1) is 13.9. The van der Waals surface area contributed by atoms with Crippen LogP contribution < -0.4 is 15.4 Å². The van der Waals surface area contributed by atoms with Crippen molar-refractivity contribution in [2.45, 2.75) is 6.42 Å². The van der Waals surface area contributed by atoms with Crippen molar-refractivity contribution in [2.75, 3.05) is 24.3 Å². The molecule has 0 aliphatic heterocycles. The van der Waals surface area contributed by atoms with Gasteiger partial charge in [0.05, 0.1) is 13.0 Å². The molecule has 5 heteroatoms. The standard InChI is InChI=1S/C15H17N3O2/c1-18(13-5-8-17-9-6-13)15(19)7-10-20-14-4-2-3-12(16)11-14/h2-6,8-9,11H,7,10,16H2,1H3. The third kappa shape index (κ3) is 3.71. The molecule has 1 heterocycles. The number of pyridine rings is 1. The molecule has 0 saturated carbocycles. The zero-order valence-electron chi connectivity index (χ0n) is 11.3. The number of aromatic nitrogens is 1. The Bertz CT molecular complexity index is 572. The number of ether oxygens (including phenoxy) is 1. The quantitative estimate of drug-likeness (QED) is 0.845. The predicted octanol–water partition coefficient (Wildman–Crippen LogP) is 2.10. The van der Waals surface area contributed by atoms with Crippen molar-refractivity contribution in [1.82, 2.24) is 4.98 Å². The number of hydrogen-bond donors (Lipinski definition) is 1. The van der Waals surface area contributed by atoms with Gasteiger partial charge in [0.25, 0.3) is 0 Å². The van der Waals surface area contributed by atoms with E-state index >= 15 is 0 Å². The lowest BCUT2D eigenvalue weighted by Crippen LogP contribution is -2.27. The number of anilines is 2. The van der Waals surface area contributed by atoms with Gasteiger partial charge in [-0.05, 0) is 24.3 Å². The van der Waals surface area contributed by atoms with Gasteiger partial charge < -0.3 is 15.4 Å². The minimum absolute atomic E-state index is 0.0138. The zero-order valence-corrected chi connectivity index (χ0v) is 11.3. The van der Waals surface area contributed by atoms with Crippen LogP contribution in [0, 0.1) is 0 Å². The number of benzene rings is 1. The summed E-state index contributed by atoms with van der Waals surface area (Å²) in [5.74, 6) is 0.657. The lowest BCUT2D eigenvalue weighted by Gasteiger charge is -2.17. The van der Waals surface area contributed by atoms with Gasteiger partial charge >= 0.3 is 0 Å². The van der Waals surface area contributed by atoms with E-state index in [1.807, 2.05) is 12.1 Å². The van der Waals surface area contributed by atoms with Crippen molar-refractivity contribution < 1.29 is 9.53 Å². The zero-order chi connectivity index (χ0) is 14.4. The lowest BCUT2D eigenvalue weighted by atomic mass is 10.3. The minimum atomic E-state index is -0.0138. The van der Waals surface area contributed by atoms with Crippen molar-refractivity contribution in [2.24, 2.45) is 0 Å². The normalized spacial score (nSPS) is 10.1. The van der Waals surface area contributed by atoms with Crippen molar-refractivity contribution in [3.05, 3.63) is 48.8 Å². The number of rotatable bonds is 5. The van der Waals surface area contributed by atoms with E-state index in [9.17, 15) is 4.79 Å². The second-order valence-corrected chi connectivity index (χ2v) is 4.33. The molecule has 2 N–H and O–H groups in total. The van der Waals surface area contributed by atoms with Gasteiger partial charge in [0.1, 0.15) is 5.75 Å². The molecule has 0 saturated heterocycles. The van der Waals surface area contributed by atoms with E-state index in [1.54, 1.807) is 48.6 Å². The average Bonchev–Trinajstić information content (AvgIpc) is 2.47. The maximum atomic E-state index is 12.0. The molecular weight excluding hydrogens is 254 g/mol. The van der Waals surface area contributed by atoms with Crippen LogP contribution in [0.3, 0.4) is 0 Å². The molecule has 20 heavy (non-hydrogen) atoms. The van der Waals surface area contributed by atoms with Gasteiger partial charge in [-0.1, -0.05) is 6.07 Å². The molecule has 0 aliphatic carbocycles. The van der Waals surface area contributed by atoms with Crippen LogP contribution in [-0.2, 0) is 4.79 Å². The summed E-state index contributed by atoms with van der Waals surface area (Å²) in [4.78, 5) is 17.5. The first-order chi connectivity index (χ1) is 9.66. The second-order valence-electron chi connectivity index (χ2n) is 4.33. The van der Waals surface area contributed by atoms with Crippen LogP contribution >= 0.6 is 0 Å². The molecule has 1 aromatic carbocycles. The predicted molar refractivity (Wildman–Crippen MR) is 78.6 cm³/mol. The van der Waals surface area contributed by atoms with Gasteiger partial charge in [-0.2, -0.15) is 0 Å². The SMILES string of the molecule is CN(C(=O)CCOc1cccc(N)c1)c1ccncc1. The highest BCUT2D eigenvalue weighted by Gasteiger charge is 2.10. The first-order valence-electron chi connectivity index (χ1n) is 6.32. The summed E-state index contributed by atoms with van der Waals surface area (Å²) in [5, 5.41) is 0. The van der Waals surface area contributed by atoms with E-state index in [0.717, 1.165) is 5.69 Å². The maximum absolute atomic E-state index is 12.0. The Labute approximate surface area is 118 Å². The Morgan fingerprint density at radius 1 is 1.30 bits per heavy atom. The lowest BCUT2D eigenvalue weighted by molar-refractivity contribution is -0.118. The van der Waals surface area contributed by atoms with Gasteiger partial charge in [0.15, 0.2) is 0 Å². The highest BCUT2D eigenvalue weighted by Crippen LogP contribution is 2.15. The summed E-state index contributed by atoms with van der Waals surface area (Å²) >= 11 is 0. The van der Waals surface area contributed by atoms with Crippen LogP contribution in [0.4, 0.5) is 11.4 Å². The Morgan fingerprint density at radius 2 is 2.05 bits per heavy atom. The topological polar surface area (TPSA) is 68.5 Å². The molecular formula is C15H17N3O2. The molecule has 0 spiro atoms. The Morgan fingerprint density at radius 3 is 2.75 bits per heavy atom. The van der Waals surface area contributed by atoms with E-state index < -0.39 is 0 Å². The van der Waals surface area contributed by atoms with Crippen LogP contribution in [-0.4, -0.2) is 24.5 Å². The fourth-order valence-electron chi connectivity index (χ4n) is 1.74. The van der Waals surface area contributed by atoms with E-state index in [0.29, 0.717) is 24.5 Å². The van der Waals surface area contributed by atoms with Gasteiger partial charge in [0.2, 0.25) is 5.91 Å². The summed E-state index contributed by atoms with van der Waals surface area (Å²) < 4.78 is 5.50. The summed E-state index contributed by atoms with van der Waals surface area (Å²) in [7, 11) is 1.73. The van der Waals surface area contributed by atoms with E-state index in [1.165, 1.54) is 0 Å². The molecule has 0 aliphatic rings. The van der Waals surface area contributed by atoms with Crippen molar-refractivity contribution in [3.8, 4) is 5.75 Å². The third-order valence-corrected chi connectivity index (χ3v) is 2.87. The molecule has 1 aromatic heterocycles. The molecule has 0 unspecified atom stereocenters. The van der Waals surface area contributed by atoms with Crippen LogP contribution in [0.2, 0.25) is 0 Å². The van der Waals surface area contributed by atoms with Gasteiger partial charge in [-0.25, -0.2) is 0 Å². The molecule has 1 amide bonds. The van der Waals surface area contributed by atoms with Gasteiger partial charge in [0, 0.05) is 36.9 Å². The summed E-state index contributed by atoms with van der Waals surface area (Å²) in [6.07, 6.45) is 3.61. The third-order valence-electron chi connectivity index (χ3n) is 2.87. The first-order valence-corrected chi connectivity index (χ1v) is 6.32. The summed E-state index contributed by atoms with van der Waals surface area (Å²) in [6.45, 7) is 0.317. The van der Waals surface area contributed by atoms with Crippen LogP contribution in [0.1, 0.15) is 6.42 Å². The highest BCUT2D eigenvalue weighted by atomic mass is 16.5. The fourth-order valence-corrected chi connectivity index (χ4v) is 1.74. The van der Waals surface area contributed by atoms with Crippen LogP contribution in [0.15, 0.2) is 48.8 Å². The van der Waals surface area contributed by atoms with Gasteiger partial charge in [-0.3, -0.25) is 9.78 Å². The molecule has 2 rings (SSSR count). The largest absolute Gasteiger partial charge is 0.493 e. The number of amides is 1. The number of carbonyl (C=O) groups is 1. The van der Waals surface area contributed by atoms with Crippen molar-refractivity contribution in [1.29, 1.82) is 0 Å².